The van der Waals surface area contributed by atoms with Gasteiger partial charge in [-0.25, -0.2) is 14.4 Å². The minimum atomic E-state index is -0.278. The van der Waals surface area contributed by atoms with Crippen LogP contribution in [0.5, 0.6) is 0 Å². The molecule has 0 aliphatic rings. The monoisotopic (exact) mass is 268 g/mol. The molecule has 0 unspecified atom stereocenters. The van der Waals surface area contributed by atoms with Crippen molar-refractivity contribution >= 4 is 28.4 Å². The van der Waals surface area contributed by atoms with Gasteiger partial charge in [0.05, 0.1) is 11.0 Å². The predicted octanol–water partition coefficient (Wildman–Crippen LogP) is 3.12. The van der Waals surface area contributed by atoms with Crippen LogP contribution in [0.3, 0.4) is 0 Å². The lowest BCUT2D eigenvalue weighted by molar-refractivity contribution is 0.628. The third kappa shape index (κ3) is 2.14. The fourth-order valence-corrected chi connectivity index (χ4v) is 2.04. The summed E-state index contributed by atoms with van der Waals surface area (Å²) in [6.07, 6.45) is 0. The summed E-state index contributed by atoms with van der Waals surface area (Å²) < 4.78 is 13.0. The Balaban J connectivity index is 2.08. The Labute approximate surface area is 115 Å². The Morgan fingerprint density at radius 1 is 0.950 bits per heavy atom. The molecule has 3 aromatic rings. The van der Waals surface area contributed by atoms with Gasteiger partial charge in [-0.05, 0) is 36.4 Å². The summed E-state index contributed by atoms with van der Waals surface area (Å²) in [5, 5.41) is 0. The van der Waals surface area contributed by atoms with Crippen LogP contribution >= 0.6 is 0 Å². The number of benzene rings is 2. The Bertz CT molecular complexity index is 755. The molecule has 0 bridgehead atoms. The average molecular weight is 268 g/mol. The number of nitrogen functional groups attached to an aromatic ring is 1. The maximum absolute atomic E-state index is 13.0. The second-order valence-corrected chi connectivity index (χ2v) is 4.46. The van der Waals surface area contributed by atoms with Crippen LogP contribution < -0.4 is 10.6 Å². The van der Waals surface area contributed by atoms with Crippen LogP contribution in [0.15, 0.2) is 48.5 Å². The van der Waals surface area contributed by atoms with Crippen molar-refractivity contribution in [3.05, 3.63) is 54.3 Å². The van der Waals surface area contributed by atoms with E-state index in [-0.39, 0.29) is 5.82 Å². The van der Waals surface area contributed by atoms with Gasteiger partial charge in [0.2, 0.25) is 0 Å². The summed E-state index contributed by atoms with van der Waals surface area (Å²) >= 11 is 0. The van der Waals surface area contributed by atoms with Crippen LogP contribution in [-0.4, -0.2) is 17.0 Å². The van der Waals surface area contributed by atoms with Gasteiger partial charge in [-0.2, -0.15) is 0 Å². The van der Waals surface area contributed by atoms with Gasteiger partial charge in [-0.15, -0.1) is 0 Å². The lowest BCUT2D eigenvalue weighted by atomic mass is 10.2. The maximum Gasteiger partial charge on any atom is 0.176 e. The van der Waals surface area contributed by atoms with E-state index < -0.39 is 0 Å². The summed E-state index contributed by atoms with van der Waals surface area (Å²) in [5.41, 5.74) is 8.28. The fourth-order valence-electron chi connectivity index (χ4n) is 2.04. The fraction of sp³-hybridized carbons (Fsp3) is 0.0667. The van der Waals surface area contributed by atoms with Gasteiger partial charge >= 0.3 is 0 Å². The number of para-hydroxylation sites is 2. The molecule has 0 fully saturated rings. The van der Waals surface area contributed by atoms with Crippen molar-refractivity contribution in [3.63, 3.8) is 0 Å². The van der Waals surface area contributed by atoms with Gasteiger partial charge in [-0.1, -0.05) is 12.1 Å². The molecule has 20 heavy (non-hydrogen) atoms. The van der Waals surface area contributed by atoms with Crippen molar-refractivity contribution < 1.29 is 4.39 Å². The summed E-state index contributed by atoms with van der Waals surface area (Å²) in [4.78, 5) is 10.6. The molecular formula is C15H13FN4. The summed E-state index contributed by atoms with van der Waals surface area (Å²) in [6, 6.07) is 13.7. The van der Waals surface area contributed by atoms with Crippen molar-refractivity contribution in [2.45, 2.75) is 0 Å². The molecule has 0 spiro atoms. The van der Waals surface area contributed by atoms with Crippen molar-refractivity contribution in [2.24, 2.45) is 0 Å². The Morgan fingerprint density at radius 2 is 1.55 bits per heavy atom. The molecule has 0 amide bonds. The lowest BCUT2D eigenvalue weighted by Gasteiger charge is -2.19. The van der Waals surface area contributed by atoms with Crippen molar-refractivity contribution in [3.8, 4) is 0 Å². The number of aromatic nitrogens is 2. The molecule has 0 radical (unpaired) electrons. The molecule has 0 saturated carbocycles. The Morgan fingerprint density at radius 3 is 2.20 bits per heavy atom. The third-order valence-corrected chi connectivity index (χ3v) is 3.11. The zero-order valence-corrected chi connectivity index (χ0v) is 10.9. The molecule has 0 aliphatic heterocycles. The van der Waals surface area contributed by atoms with E-state index in [4.69, 9.17) is 5.73 Å². The number of nitrogens with zero attached hydrogens (tertiary/aromatic N) is 3. The maximum atomic E-state index is 13.0. The molecule has 0 aliphatic carbocycles. The van der Waals surface area contributed by atoms with Crippen LogP contribution in [-0.2, 0) is 0 Å². The van der Waals surface area contributed by atoms with Gasteiger partial charge in [0, 0.05) is 12.7 Å². The minimum Gasteiger partial charge on any atom is -0.381 e. The molecule has 1 aromatic heterocycles. The molecule has 1 heterocycles. The molecule has 5 heteroatoms. The summed E-state index contributed by atoms with van der Waals surface area (Å²) in [5.74, 6) is 0.616. The van der Waals surface area contributed by atoms with Gasteiger partial charge in [0.25, 0.3) is 0 Å². The Hall–Kier alpha value is -2.69. The predicted molar refractivity (Wildman–Crippen MR) is 78.4 cm³/mol. The van der Waals surface area contributed by atoms with Crippen LogP contribution in [0.4, 0.5) is 21.7 Å². The highest BCUT2D eigenvalue weighted by atomic mass is 19.1. The third-order valence-electron chi connectivity index (χ3n) is 3.11. The summed E-state index contributed by atoms with van der Waals surface area (Å²) in [6.45, 7) is 0. The van der Waals surface area contributed by atoms with E-state index in [1.165, 1.54) is 12.1 Å². The highest BCUT2D eigenvalue weighted by Crippen LogP contribution is 2.27. The SMILES string of the molecule is CN(c1ccc(F)cc1)c1nc2ccccc2nc1N. The first kappa shape index (κ1) is 12.3. The van der Waals surface area contributed by atoms with E-state index in [0.29, 0.717) is 11.6 Å². The van der Waals surface area contributed by atoms with Crippen LogP contribution in [0.1, 0.15) is 0 Å². The van der Waals surface area contributed by atoms with Gasteiger partial charge in [-0.3, -0.25) is 0 Å². The van der Waals surface area contributed by atoms with Crippen LogP contribution in [0.2, 0.25) is 0 Å². The normalized spacial score (nSPS) is 10.7. The first-order valence-corrected chi connectivity index (χ1v) is 6.17. The molecular weight excluding hydrogens is 255 g/mol. The largest absolute Gasteiger partial charge is 0.381 e. The molecule has 0 atom stereocenters. The van der Waals surface area contributed by atoms with E-state index in [1.807, 2.05) is 31.3 Å². The minimum absolute atomic E-state index is 0.278. The van der Waals surface area contributed by atoms with E-state index in [2.05, 4.69) is 9.97 Å². The first-order chi connectivity index (χ1) is 9.65. The zero-order chi connectivity index (χ0) is 14.1. The molecule has 4 nitrogen and oxygen atoms in total. The smallest absolute Gasteiger partial charge is 0.176 e. The topological polar surface area (TPSA) is 55.0 Å². The quantitative estimate of drug-likeness (QED) is 0.775. The van der Waals surface area contributed by atoms with Gasteiger partial charge in [0.1, 0.15) is 5.82 Å². The molecule has 100 valence electrons. The number of rotatable bonds is 2. The zero-order valence-electron chi connectivity index (χ0n) is 10.9. The van der Waals surface area contributed by atoms with Gasteiger partial charge < -0.3 is 10.6 Å². The van der Waals surface area contributed by atoms with Gasteiger partial charge in [0.15, 0.2) is 11.6 Å². The van der Waals surface area contributed by atoms with Crippen LogP contribution in [0, 0.1) is 5.82 Å². The van der Waals surface area contributed by atoms with E-state index >= 15 is 0 Å². The number of nitrogens with two attached hydrogens (primary N) is 1. The van der Waals surface area contributed by atoms with E-state index in [1.54, 1.807) is 17.0 Å². The number of anilines is 3. The molecule has 2 aromatic carbocycles. The summed E-state index contributed by atoms with van der Waals surface area (Å²) in [7, 11) is 1.82. The standard InChI is InChI=1S/C15H13FN4/c1-20(11-8-6-10(16)7-9-11)15-14(17)18-12-4-2-3-5-13(12)19-15/h2-9H,1H3,(H2,17,18). The second-order valence-electron chi connectivity index (χ2n) is 4.46. The molecule has 0 saturated heterocycles. The van der Waals surface area contributed by atoms with Crippen molar-refractivity contribution in [1.82, 2.24) is 9.97 Å². The second kappa shape index (κ2) is 4.77. The lowest BCUT2D eigenvalue weighted by Crippen LogP contribution is -2.14. The highest BCUT2D eigenvalue weighted by Gasteiger charge is 2.12. The van der Waals surface area contributed by atoms with Crippen molar-refractivity contribution in [2.75, 3.05) is 17.7 Å². The first-order valence-electron chi connectivity index (χ1n) is 6.17. The molecule has 3 rings (SSSR count). The van der Waals surface area contributed by atoms with E-state index in [0.717, 1.165) is 16.7 Å². The highest BCUT2D eigenvalue weighted by molar-refractivity contribution is 5.81. The van der Waals surface area contributed by atoms with Crippen LogP contribution in [0.25, 0.3) is 11.0 Å². The van der Waals surface area contributed by atoms with Crippen molar-refractivity contribution in [1.29, 1.82) is 0 Å². The Kier molecular flexibility index (Phi) is 2.95. The number of hydrogen-bond acceptors (Lipinski definition) is 4. The average Bonchev–Trinajstić information content (AvgIpc) is 2.46. The molecule has 2 N–H and O–H groups in total. The number of halogens is 1. The van der Waals surface area contributed by atoms with E-state index in [9.17, 15) is 4.39 Å². The number of hydrogen-bond donors (Lipinski definition) is 1. The number of fused-ring (bicyclic) bond motifs is 1.